The monoisotopic (exact) mass is 1040 g/mol. The van der Waals surface area contributed by atoms with Crippen molar-refractivity contribution < 1.29 is 16.8 Å². The van der Waals surface area contributed by atoms with Gasteiger partial charge in [0.2, 0.25) is 19.7 Å². The van der Waals surface area contributed by atoms with Gasteiger partial charge in [-0.3, -0.25) is 10.8 Å². The number of nitrogens with two attached hydrogens (primary N) is 2. The summed E-state index contributed by atoms with van der Waals surface area (Å²) in [5, 5.41) is 15.3. The minimum Gasteiger partial charge on any atom is -0.383 e. The highest BCUT2D eigenvalue weighted by Gasteiger charge is 2.28. The summed E-state index contributed by atoms with van der Waals surface area (Å²) in [4.78, 5) is 10.4. The maximum atomic E-state index is 13.5. The first-order chi connectivity index (χ1) is 28.6. The number of hydrogen-bond acceptors (Lipinski definition) is 12. The zero-order valence-electron chi connectivity index (χ0n) is 31.6. The molecule has 0 radical (unpaired) electrons. The Morgan fingerprint density at radius 3 is 1.63 bits per heavy atom. The van der Waals surface area contributed by atoms with Gasteiger partial charge in [-0.2, -0.15) is 0 Å². The fourth-order valence-electron chi connectivity index (χ4n) is 6.24. The van der Waals surface area contributed by atoms with Crippen LogP contribution in [0.25, 0.3) is 22.1 Å². The Labute approximate surface area is 379 Å². The Kier molecular flexibility index (Phi) is 13.1. The summed E-state index contributed by atoms with van der Waals surface area (Å²) in [7, 11) is -7.61. The summed E-state index contributed by atoms with van der Waals surface area (Å²) in [6.45, 7) is 1.21. The quantitative estimate of drug-likeness (QED) is 0.0518. The van der Waals surface area contributed by atoms with Crippen molar-refractivity contribution in [1.29, 1.82) is 10.8 Å². The van der Waals surface area contributed by atoms with Crippen LogP contribution < -0.4 is 11.5 Å². The van der Waals surface area contributed by atoms with Crippen LogP contribution in [0.5, 0.6) is 0 Å². The number of nitrogens with one attached hydrogen (secondary N) is 2. The number of aromatic nitrogens is 4. The summed E-state index contributed by atoms with van der Waals surface area (Å²) in [6, 6.07) is 29.3. The van der Waals surface area contributed by atoms with Crippen LogP contribution in [0.1, 0.15) is 20.9 Å². The molecule has 0 fully saturated rings. The third kappa shape index (κ3) is 8.87. The van der Waals surface area contributed by atoms with Gasteiger partial charge in [0.1, 0.15) is 17.2 Å². The Morgan fingerprint density at radius 2 is 1.13 bits per heavy atom. The van der Waals surface area contributed by atoms with Crippen molar-refractivity contribution in [2.45, 2.75) is 41.1 Å². The van der Waals surface area contributed by atoms with E-state index in [2.05, 4.69) is 41.8 Å². The lowest BCUT2D eigenvalue weighted by molar-refractivity contribution is 0.593. The van der Waals surface area contributed by atoms with Crippen molar-refractivity contribution in [1.82, 2.24) is 19.1 Å². The molecule has 0 saturated heterocycles. The zero-order chi connectivity index (χ0) is 42.9. The maximum absolute atomic E-state index is 13.5. The second-order valence-corrected chi connectivity index (χ2v) is 22.8. The number of sulfone groups is 2. The average molecular weight is 1040 g/mol. The molecule has 0 aliphatic carbocycles. The molecule has 4 aromatic carbocycles. The van der Waals surface area contributed by atoms with E-state index in [1.807, 2.05) is 76.1 Å². The van der Waals surface area contributed by atoms with Crippen LogP contribution >= 0.6 is 78.1 Å². The number of thiophene rings is 2. The zero-order valence-corrected chi connectivity index (χ0v) is 39.7. The van der Waals surface area contributed by atoms with E-state index in [1.54, 1.807) is 43.2 Å². The predicted molar refractivity (Wildman–Crippen MR) is 251 cm³/mol. The molecule has 0 atom stereocenters. The Bertz CT molecular complexity index is 3150. The van der Waals surface area contributed by atoms with Crippen LogP contribution in [0.3, 0.4) is 0 Å². The number of imidazole rings is 2. The SMILES string of the molecule is CSc1sc(C(=N)N)cc1S(=O)(=O)c1cc(Br)c2c(c1)ncn2Cc1ccccc1.CSc1sc(C(=N)N)cc1S(=O)(=O)c1cc(Br)c2ncn(Cc3ccccc3)c2c1. The third-order valence-electron chi connectivity index (χ3n) is 9.12. The lowest BCUT2D eigenvalue weighted by atomic mass is 10.2. The van der Waals surface area contributed by atoms with Gasteiger partial charge >= 0.3 is 0 Å². The number of nitrogens with zero attached hydrogens (tertiary/aromatic N) is 4. The fourth-order valence-corrected chi connectivity index (χ4v) is 15.6. The van der Waals surface area contributed by atoms with Crippen molar-refractivity contribution >= 4 is 131 Å². The average Bonchev–Trinajstić information content (AvgIpc) is 4.05. The highest BCUT2D eigenvalue weighted by molar-refractivity contribution is 9.11. The highest BCUT2D eigenvalue weighted by Crippen LogP contribution is 2.40. The van der Waals surface area contributed by atoms with Gasteiger partial charge in [0.05, 0.1) is 67.0 Å². The van der Waals surface area contributed by atoms with Gasteiger partial charge in [-0.05, 0) is 91.9 Å². The molecule has 12 nitrogen and oxygen atoms in total. The minimum absolute atomic E-state index is 0.144. The molecular weight excluding hydrogens is 1010 g/mol. The van der Waals surface area contributed by atoms with Gasteiger partial charge in [0, 0.05) is 22.0 Å². The Hall–Kier alpha value is -4.28. The molecule has 60 heavy (non-hydrogen) atoms. The second kappa shape index (κ2) is 18.0. The number of fused-ring (bicyclic) bond motifs is 2. The van der Waals surface area contributed by atoms with E-state index in [-0.39, 0.29) is 31.3 Å². The lowest BCUT2D eigenvalue weighted by Crippen LogP contribution is -2.09. The van der Waals surface area contributed by atoms with E-state index in [0.29, 0.717) is 51.2 Å². The maximum Gasteiger partial charge on any atom is 0.208 e. The molecule has 0 aliphatic rings. The molecule has 0 amide bonds. The number of benzene rings is 4. The summed E-state index contributed by atoms with van der Waals surface area (Å²) in [6.07, 6.45) is 7.04. The van der Waals surface area contributed by atoms with Crippen LogP contribution in [-0.2, 0) is 32.8 Å². The summed E-state index contributed by atoms with van der Waals surface area (Å²) in [5.41, 5.74) is 16.2. The molecule has 0 bridgehead atoms. The topological polar surface area (TPSA) is 204 Å². The van der Waals surface area contributed by atoms with E-state index in [1.165, 1.54) is 58.3 Å². The van der Waals surface area contributed by atoms with Crippen LogP contribution in [-0.4, -0.2) is 60.1 Å². The van der Waals surface area contributed by atoms with Gasteiger partial charge in [-0.1, -0.05) is 60.7 Å². The molecule has 0 aliphatic heterocycles. The van der Waals surface area contributed by atoms with Crippen LogP contribution in [0.4, 0.5) is 0 Å². The normalized spacial score (nSPS) is 11.8. The van der Waals surface area contributed by atoms with E-state index >= 15 is 0 Å². The van der Waals surface area contributed by atoms with Crippen LogP contribution in [0, 0.1) is 10.8 Å². The van der Waals surface area contributed by atoms with E-state index in [9.17, 15) is 16.8 Å². The van der Waals surface area contributed by atoms with E-state index in [0.717, 1.165) is 22.2 Å². The van der Waals surface area contributed by atoms with Crippen LogP contribution in [0.15, 0.2) is 147 Å². The number of nitrogen functional groups attached to an aromatic ring is 2. The van der Waals surface area contributed by atoms with Crippen molar-refractivity contribution in [2.75, 3.05) is 12.5 Å². The summed E-state index contributed by atoms with van der Waals surface area (Å²) < 4.78 is 60.1. The Morgan fingerprint density at radius 1 is 0.667 bits per heavy atom. The first-order valence-corrected chi connectivity index (χ1v) is 26.2. The second-order valence-electron chi connectivity index (χ2n) is 13.0. The van der Waals surface area contributed by atoms with Crippen molar-refractivity contribution in [3.8, 4) is 0 Å². The molecule has 8 rings (SSSR count). The van der Waals surface area contributed by atoms with Gasteiger partial charge in [-0.15, -0.1) is 46.2 Å². The number of amidine groups is 2. The summed E-state index contributed by atoms with van der Waals surface area (Å²) >= 11 is 12.1. The fraction of sp³-hybridized carbons (Fsp3) is 0.100. The Balaban J connectivity index is 0.000000181. The van der Waals surface area contributed by atoms with Crippen molar-refractivity contribution in [3.05, 3.63) is 140 Å². The van der Waals surface area contributed by atoms with Crippen molar-refractivity contribution in [3.63, 3.8) is 0 Å². The third-order valence-corrected chi connectivity index (χ3v) is 19.0. The lowest BCUT2D eigenvalue weighted by Gasteiger charge is -2.09. The molecule has 0 saturated carbocycles. The first kappa shape index (κ1) is 43.8. The predicted octanol–water partition coefficient (Wildman–Crippen LogP) is 9.49. The number of thioether (sulfide) groups is 2. The molecular formula is C40H34Br2N8O4S6. The van der Waals surface area contributed by atoms with Gasteiger partial charge in [0.15, 0.2) is 0 Å². The molecule has 8 aromatic rings. The van der Waals surface area contributed by atoms with Gasteiger partial charge in [0.25, 0.3) is 0 Å². The molecule has 308 valence electrons. The molecule has 0 unspecified atom stereocenters. The smallest absolute Gasteiger partial charge is 0.208 e. The minimum atomic E-state index is -3.81. The molecule has 0 spiro atoms. The molecule has 20 heteroatoms. The number of halogens is 2. The van der Waals surface area contributed by atoms with Gasteiger partial charge < -0.3 is 20.6 Å². The van der Waals surface area contributed by atoms with Crippen LogP contribution in [0.2, 0.25) is 0 Å². The van der Waals surface area contributed by atoms with Gasteiger partial charge in [-0.25, -0.2) is 26.8 Å². The number of hydrogen-bond donors (Lipinski definition) is 4. The standard InChI is InChI=1S/2C20H17BrN4O2S3/c1-28-20-17(9-16(29-20)19(22)23)30(26,27)13-7-14(21)18-15(8-13)25(11-24-18)10-12-5-3-2-4-6-12;1-28-20-17(9-16(29-20)19(22)23)30(26,27)13-7-14(21)18-15(8-13)24-11-25(18)10-12-5-3-2-4-6-12/h2*2-9,11H,10H2,1H3,(H3,22,23). The molecule has 4 aromatic heterocycles. The van der Waals surface area contributed by atoms with Crippen molar-refractivity contribution in [2.24, 2.45) is 11.5 Å². The largest absolute Gasteiger partial charge is 0.383 e. The first-order valence-electron chi connectivity index (χ1n) is 17.5. The molecule has 6 N–H and O–H groups in total. The highest BCUT2D eigenvalue weighted by atomic mass is 79.9. The number of rotatable bonds is 12. The van der Waals surface area contributed by atoms with E-state index < -0.39 is 19.7 Å². The summed E-state index contributed by atoms with van der Waals surface area (Å²) in [5.74, 6) is -0.289. The van der Waals surface area contributed by atoms with E-state index in [4.69, 9.17) is 22.3 Å². The molecule has 4 heterocycles.